The molecule has 194 valence electrons. The quantitative estimate of drug-likeness (QED) is 0.254. The van der Waals surface area contributed by atoms with Gasteiger partial charge in [0.05, 0.1) is 5.56 Å². The van der Waals surface area contributed by atoms with E-state index in [9.17, 15) is 13.2 Å². The van der Waals surface area contributed by atoms with E-state index >= 15 is 0 Å². The van der Waals surface area contributed by atoms with Crippen molar-refractivity contribution >= 4 is 26.5 Å². The SMILES string of the molecule is CC(C)P(c1ccccc1-c1cc(-c2ccccc2P(C(C)C)C(C)C)cc(C(F)(F)F)c1)C(C)C. The van der Waals surface area contributed by atoms with Gasteiger partial charge in [-0.1, -0.05) is 120 Å². The van der Waals surface area contributed by atoms with Gasteiger partial charge in [-0.2, -0.15) is 13.2 Å². The van der Waals surface area contributed by atoms with E-state index < -0.39 is 27.6 Å². The zero-order valence-corrected chi connectivity index (χ0v) is 24.5. The molecule has 0 saturated carbocycles. The summed E-state index contributed by atoms with van der Waals surface area (Å²) in [6.07, 6.45) is -4.42. The fraction of sp³-hybridized carbons (Fsp3) is 0.419. The predicted molar refractivity (Wildman–Crippen MR) is 156 cm³/mol. The first-order valence-electron chi connectivity index (χ1n) is 12.8. The van der Waals surface area contributed by atoms with Crippen LogP contribution in [0.2, 0.25) is 0 Å². The summed E-state index contributed by atoms with van der Waals surface area (Å²) >= 11 is 0. The third-order valence-electron chi connectivity index (χ3n) is 6.47. The van der Waals surface area contributed by atoms with E-state index in [1.807, 2.05) is 42.5 Å². The molecule has 0 bridgehead atoms. The monoisotopic (exact) mass is 530 g/mol. The Morgan fingerprint density at radius 2 is 0.861 bits per heavy atom. The fourth-order valence-corrected chi connectivity index (χ4v) is 11.4. The van der Waals surface area contributed by atoms with Gasteiger partial charge in [-0.15, -0.1) is 0 Å². The van der Waals surface area contributed by atoms with Crippen LogP contribution in [-0.2, 0) is 6.18 Å². The van der Waals surface area contributed by atoms with Crippen molar-refractivity contribution in [2.24, 2.45) is 0 Å². The average Bonchev–Trinajstić information content (AvgIpc) is 2.78. The van der Waals surface area contributed by atoms with Gasteiger partial charge < -0.3 is 0 Å². The van der Waals surface area contributed by atoms with Crippen LogP contribution in [0.5, 0.6) is 0 Å². The summed E-state index contributed by atoms with van der Waals surface area (Å²) in [7, 11) is -1.06. The molecular formula is C31H39F3P2. The Hall–Kier alpha value is -1.69. The molecule has 0 aromatic heterocycles. The Morgan fingerprint density at radius 1 is 0.528 bits per heavy atom. The van der Waals surface area contributed by atoms with Crippen LogP contribution in [0.4, 0.5) is 13.2 Å². The molecule has 0 amide bonds. The number of hydrogen-bond donors (Lipinski definition) is 0. The molecule has 0 unspecified atom stereocenters. The van der Waals surface area contributed by atoms with Crippen LogP contribution in [0.25, 0.3) is 22.3 Å². The fourth-order valence-electron chi connectivity index (χ4n) is 5.29. The molecule has 0 heterocycles. The van der Waals surface area contributed by atoms with Crippen molar-refractivity contribution in [2.75, 3.05) is 0 Å². The molecule has 0 spiro atoms. The molecule has 3 aromatic carbocycles. The summed E-state index contributed by atoms with van der Waals surface area (Å²) in [5, 5.41) is 2.37. The molecule has 0 aliphatic rings. The number of benzene rings is 3. The molecule has 0 fully saturated rings. The highest BCUT2D eigenvalue weighted by atomic mass is 31.1. The first-order chi connectivity index (χ1) is 16.8. The molecule has 0 nitrogen and oxygen atoms in total. The summed E-state index contributed by atoms with van der Waals surface area (Å²) < 4.78 is 42.7. The van der Waals surface area contributed by atoms with Gasteiger partial charge >= 0.3 is 6.18 Å². The largest absolute Gasteiger partial charge is 0.416 e. The van der Waals surface area contributed by atoms with Crippen LogP contribution in [0.1, 0.15) is 61.0 Å². The van der Waals surface area contributed by atoms with Crippen molar-refractivity contribution in [3.63, 3.8) is 0 Å². The molecule has 0 atom stereocenters. The second-order valence-corrected chi connectivity index (χ2v) is 17.2. The lowest BCUT2D eigenvalue weighted by Gasteiger charge is -2.29. The highest BCUT2D eigenvalue weighted by Gasteiger charge is 2.33. The summed E-state index contributed by atoms with van der Waals surface area (Å²) in [4.78, 5) is 0. The molecule has 3 rings (SSSR count). The van der Waals surface area contributed by atoms with Crippen LogP contribution < -0.4 is 10.6 Å². The van der Waals surface area contributed by atoms with Gasteiger partial charge in [0.25, 0.3) is 0 Å². The van der Waals surface area contributed by atoms with Gasteiger partial charge in [-0.05, 0) is 73.7 Å². The summed E-state index contributed by atoms with van der Waals surface area (Å²) in [5.74, 6) is 0. The molecule has 0 aliphatic carbocycles. The van der Waals surface area contributed by atoms with E-state index in [0.29, 0.717) is 33.8 Å². The first kappa shape index (κ1) is 28.9. The lowest BCUT2D eigenvalue weighted by atomic mass is 9.96. The Kier molecular flexibility index (Phi) is 9.46. The molecule has 5 heteroatoms. The molecule has 3 aromatic rings. The lowest BCUT2D eigenvalue weighted by Crippen LogP contribution is -2.18. The van der Waals surface area contributed by atoms with Crippen molar-refractivity contribution in [2.45, 2.75) is 84.2 Å². The average molecular weight is 531 g/mol. The Morgan fingerprint density at radius 3 is 1.17 bits per heavy atom. The van der Waals surface area contributed by atoms with Crippen LogP contribution >= 0.6 is 15.8 Å². The van der Waals surface area contributed by atoms with E-state index in [2.05, 4.69) is 67.5 Å². The molecule has 0 saturated heterocycles. The minimum atomic E-state index is -4.42. The Labute approximate surface area is 218 Å². The smallest absolute Gasteiger partial charge is 0.166 e. The third kappa shape index (κ3) is 6.41. The maximum Gasteiger partial charge on any atom is 0.416 e. The summed E-state index contributed by atoms with van der Waals surface area (Å²) in [6.45, 7) is 17.7. The zero-order chi connectivity index (χ0) is 26.8. The lowest BCUT2D eigenvalue weighted by molar-refractivity contribution is -0.137. The normalized spacial score (nSPS) is 12.7. The molecule has 36 heavy (non-hydrogen) atoms. The molecule has 0 aliphatic heterocycles. The first-order valence-corrected chi connectivity index (χ1v) is 15.8. The second-order valence-electron chi connectivity index (χ2n) is 10.5. The van der Waals surface area contributed by atoms with Crippen molar-refractivity contribution in [3.8, 4) is 22.3 Å². The zero-order valence-electron chi connectivity index (χ0n) is 22.7. The third-order valence-corrected chi connectivity index (χ3v) is 12.8. The second kappa shape index (κ2) is 11.8. The van der Waals surface area contributed by atoms with Gasteiger partial charge in [0.1, 0.15) is 0 Å². The summed E-state index contributed by atoms with van der Waals surface area (Å²) in [6, 6.07) is 20.8. The maximum atomic E-state index is 14.2. The van der Waals surface area contributed by atoms with E-state index in [1.165, 1.54) is 22.7 Å². The van der Waals surface area contributed by atoms with E-state index in [-0.39, 0.29) is 0 Å². The van der Waals surface area contributed by atoms with Gasteiger partial charge in [0.15, 0.2) is 0 Å². The van der Waals surface area contributed by atoms with Crippen LogP contribution in [0, 0.1) is 0 Å². The predicted octanol–water partition coefficient (Wildman–Crippen LogP) is 9.89. The Bertz CT molecular complexity index is 1060. The minimum absolute atomic E-state index is 0.438. The van der Waals surface area contributed by atoms with Crippen molar-refractivity contribution in [1.82, 2.24) is 0 Å². The number of hydrogen-bond acceptors (Lipinski definition) is 0. The Balaban J connectivity index is 2.32. The topological polar surface area (TPSA) is 0 Å². The molecule has 0 N–H and O–H groups in total. The number of alkyl halides is 3. The minimum Gasteiger partial charge on any atom is -0.166 e. The molecule has 0 radical (unpaired) electrons. The van der Waals surface area contributed by atoms with Crippen LogP contribution in [0.3, 0.4) is 0 Å². The maximum absolute atomic E-state index is 14.2. The van der Waals surface area contributed by atoms with Crippen molar-refractivity contribution < 1.29 is 13.2 Å². The highest BCUT2D eigenvalue weighted by Crippen LogP contribution is 2.49. The van der Waals surface area contributed by atoms with Crippen molar-refractivity contribution in [3.05, 3.63) is 72.3 Å². The van der Waals surface area contributed by atoms with E-state index in [4.69, 9.17) is 0 Å². The van der Waals surface area contributed by atoms with Gasteiger partial charge in [0.2, 0.25) is 0 Å². The number of rotatable bonds is 8. The van der Waals surface area contributed by atoms with Crippen LogP contribution in [0.15, 0.2) is 66.7 Å². The van der Waals surface area contributed by atoms with E-state index in [1.54, 1.807) is 0 Å². The van der Waals surface area contributed by atoms with Gasteiger partial charge in [-0.25, -0.2) is 0 Å². The van der Waals surface area contributed by atoms with Crippen LogP contribution in [-0.4, -0.2) is 22.6 Å². The highest BCUT2D eigenvalue weighted by molar-refractivity contribution is 7.67. The summed E-state index contributed by atoms with van der Waals surface area (Å²) in [5.41, 5.74) is 4.31. The van der Waals surface area contributed by atoms with Gasteiger partial charge in [0, 0.05) is 0 Å². The number of halogens is 3. The molecular weight excluding hydrogens is 491 g/mol. The standard InChI is InChI=1S/C31H39F3P2/c1-20(2)35(21(3)4)29-15-11-9-13-27(29)24-17-25(19-26(18-24)31(32,33)34)28-14-10-12-16-30(28)36(22(5)6)23(7)8/h9-23H,1-8H3. The van der Waals surface area contributed by atoms with Crippen molar-refractivity contribution in [1.29, 1.82) is 0 Å². The van der Waals surface area contributed by atoms with E-state index in [0.717, 1.165) is 11.1 Å². The van der Waals surface area contributed by atoms with Gasteiger partial charge in [-0.3, -0.25) is 0 Å².